The van der Waals surface area contributed by atoms with Crippen LogP contribution in [0.4, 0.5) is 8.78 Å². The van der Waals surface area contributed by atoms with Gasteiger partial charge < -0.3 is 0 Å². The smallest absolute Gasteiger partial charge is 0.272 e. The number of alkyl halides is 2. The van der Waals surface area contributed by atoms with Crippen molar-refractivity contribution in [1.29, 1.82) is 0 Å². The largest absolute Gasteiger partial charge is 0.292 e. The van der Waals surface area contributed by atoms with E-state index in [-0.39, 0.29) is 24.2 Å². The molecule has 0 radical (unpaired) electrons. The van der Waals surface area contributed by atoms with Crippen LogP contribution in [-0.4, -0.2) is 52.5 Å². The van der Waals surface area contributed by atoms with Gasteiger partial charge in [-0.3, -0.25) is 9.80 Å². The highest BCUT2D eigenvalue weighted by atomic mass is 19.3. The molecule has 2 nitrogen and oxygen atoms in total. The van der Waals surface area contributed by atoms with E-state index in [1.807, 2.05) is 4.90 Å². The highest BCUT2D eigenvalue weighted by Gasteiger charge is 2.52. The minimum absolute atomic E-state index is 0.0499. The topological polar surface area (TPSA) is 6.48 Å². The Hall–Kier alpha value is -0.220. The Morgan fingerprint density at radius 3 is 2.00 bits per heavy atom. The molecular weight excluding hydrogens is 222 g/mol. The normalized spacial score (nSPS) is 33.7. The van der Waals surface area contributed by atoms with Gasteiger partial charge in [-0.05, 0) is 41.0 Å². The quantitative estimate of drug-likeness (QED) is 0.701. The Labute approximate surface area is 103 Å². The lowest BCUT2D eigenvalue weighted by Crippen LogP contribution is -2.60. The summed E-state index contributed by atoms with van der Waals surface area (Å²) in [4.78, 5) is 4.38. The summed E-state index contributed by atoms with van der Waals surface area (Å²) in [6, 6.07) is 0.295. The van der Waals surface area contributed by atoms with Gasteiger partial charge in [0.25, 0.3) is 5.92 Å². The second-order valence-electron chi connectivity index (χ2n) is 7.21. The van der Waals surface area contributed by atoms with E-state index >= 15 is 0 Å². The molecule has 0 bridgehead atoms. The predicted octanol–water partition coefficient (Wildman–Crippen LogP) is 2.59. The molecule has 0 aromatic heterocycles. The first-order valence-corrected chi connectivity index (χ1v) is 6.41. The van der Waals surface area contributed by atoms with Crippen molar-refractivity contribution in [2.75, 3.05) is 19.6 Å². The lowest BCUT2D eigenvalue weighted by atomic mass is 9.94. The molecule has 2 aliphatic heterocycles. The molecule has 17 heavy (non-hydrogen) atoms. The first kappa shape index (κ1) is 13.2. The van der Waals surface area contributed by atoms with Gasteiger partial charge in [-0.25, -0.2) is 8.78 Å². The molecule has 1 atom stereocenters. The van der Waals surface area contributed by atoms with Crippen molar-refractivity contribution >= 4 is 0 Å². The van der Waals surface area contributed by atoms with Gasteiger partial charge in [-0.15, -0.1) is 0 Å². The average molecular weight is 246 g/mol. The molecule has 0 aromatic carbocycles. The van der Waals surface area contributed by atoms with Gasteiger partial charge in [0.1, 0.15) is 0 Å². The summed E-state index contributed by atoms with van der Waals surface area (Å²) in [5.41, 5.74) is 0.208. The van der Waals surface area contributed by atoms with Crippen molar-refractivity contribution < 1.29 is 8.78 Å². The van der Waals surface area contributed by atoms with Gasteiger partial charge in [-0.2, -0.15) is 0 Å². The molecule has 0 amide bonds. The highest BCUT2D eigenvalue weighted by Crippen LogP contribution is 2.40. The van der Waals surface area contributed by atoms with E-state index in [1.54, 1.807) is 0 Å². The van der Waals surface area contributed by atoms with Crippen LogP contribution in [0.2, 0.25) is 0 Å². The van der Waals surface area contributed by atoms with Crippen molar-refractivity contribution in [3.8, 4) is 0 Å². The van der Waals surface area contributed by atoms with Crippen LogP contribution in [0.5, 0.6) is 0 Å². The van der Waals surface area contributed by atoms with E-state index in [9.17, 15) is 8.78 Å². The molecule has 2 rings (SSSR count). The third-order valence-corrected chi connectivity index (χ3v) is 4.05. The fourth-order valence-electron chi connectivity index (χ4n) is 3.44. The summed E-state index contributed by atoms with van der Waals surface area (Å²) in [5, 5.41) is 0. The van der Waals surface area contributed by atoms with Crippen LogP contribution in [0, 0.1) is 0 Å². The zero-order chi connectivity index (χ0) is 13.1. The Balaban J connectivity index is 2.02. The summed E-state index contributed by atoms with van der Waals surface area (Å²) >= 11 is 0. The van der Waals surface area contributed by atoms with Crippen molar-refractivity contribution in [2.45, 2.75) is 64.1 Å². The number of hydrogen-bond acceptors (Lipinski definition) is 2. The second-order valence-corrected chi connectivity index (χ2v) is 7.21. The van der Waals surface area contributed by atoms with Gasteiger partial charge in [0.2, 0.25) is 0 Å². The summed E-state index contributed by atoms with van der Waals surface area (Å²) < 4.78 is 25.8. The number of hydrogen-bond donors (Lipinski definition) is 0. The summed E-state index contributed by atoms with van der Waals surface area (Å²) in [6.45, 7) is 11.8. The van der Waals surface area contributed by atoms with E-state index in [2.05, 4.69) is 39.5 Å². The van der Waals surface area contributed by atoms with Gasteiger partial charge in [0.15, 0.2) is 0 Å². The van der Waals surface area contributed by atoms with Crippen molar-refractivity contribution in [2.24, 2.45) is 0 Å². The maximum absolute atomic E-state index is 12.9. The molecule has 2 fully saturated rings. The van der Waals surface area contributed by atoms with E-state index in [4.69, 9.17) is 0 Å². The van der Waals surface area contributed by atoms with Gasteiger partial charge in [0.05, 0.1) is 13.1 Å². The van der Waals surface area contributed by atoms with E-state index in [0.717, 1.165) is 13.0 Å². The molecule has 0 saturated carbocycles. The van der Waals surface area contributed by atoms with Crippen molar-refractivity contribution in [3.05, 3.63) is 0 Å². The Morgan fingerprint density at radius 2 is 1.65 bits per heavy atom. The van der Waals surface area contributed by atoms with E-state index in [1.165, 1.54) is 0 Å². The maximum Gasteiger partial charge on any atom is 0.272 e. The lowest BCUT2D eigenvalue weighted by molar-refractivity contribution is -0.144. The molecule has 0 spiro atoms. The third-order valence-electron chi connectivity index (χ3n) is 4.05. The van der Waals surface area contributed by atoms with E-state index in [0.29, 0.717) is 6.04 Å². The minimum Gasteiger partial charge on any atom is -0.292 e. The van der Waals surface area contributed by atoms with Gasteiger partial charge >= 0.3 is 0 Å². The van der Waals surface area contributed by atoms with Crippen molar-refractivity contribution in [1.82, 2.24) is 9.80 Å². The van der Waals surface area contributed by atoms with Crippen LogP contribution in [0.1, 0.15) is 41.0 Å². The summed E-state index contributed by atoms with van der Waals surface area (Å²) in [5.74, 6) is -2.45. The van der Waals surface area contributed by atoms with Crippen LogP contribution >= 0.6 is 0 Å². The standard InChI is InChI=1S/C13H24F2N2/c1-11(2,3)17-7-10(6-12(17,4)5)16-8-13(14,15)9-16/h10H,6-9H2,1-5H3. The molecule has 0 N–H and O–H groups in total. The molecule has 2 saturated heterocycles. The summed E-state index contributed by atoms with van der Waals surface area (Å²) in [6.07, 6.45) is 0.986. The fourth-order valence-corrected chi connectivity index (χ4v) is 3.44. The number of likely N-dealkylation sites (tertiary alicyclic amines) is 2. The minimum atomic E-state index is -2.45. The molecule has 2 heterocycles. The van der Waals surface area contributed by atoms with Crippen LogP contribution in [0.15, 0.2) is 0 Å². The lowest BCUT2D eigenvalue weighted by Gasteiger charge is -2.43. The number of rotatable bonds is 1. The highest BCUT2D eigenvalue weighted by molar-refractivity contribution is 5.04. The second kappa shape index (κ2) is 3.64. The molecular formula is C13H24F2N2. The molecule has 100 valence electrons. The first-order valence-electron chi connectivity index (χ1n) is 6.41. The molecule has 0 aliphatic carbocycles. The van der Waals surface area contributed by atoms with Crippen LogP contribution in [-0.2, 0) is 0 Å². The van der Waals surface area contributed by atoms with Crippen LogP contribution < -0.4 is 0 Å². The predicted molar refractivity (Wildman–Crippen MR) is 65.5 cm³/mol. The van der Waals surface area contributed by atoms with Crippen LogP contribution in [0.25, 0.3) is 0 Å². The molecule has 0 aromatic rings. The SMILES string of the molecule is CC(C)(C)N1CC(N2CC(F)(F)C2)CC1(C)C. The molecule has 1 unspecified atom stereocenters. The van der Waals surface area contributed by atoms with Gasteiger partial charge in [-0.1, -0.05) is 0 Å². The number of halogens is 2. The molecule has 2 aliphatic rings. The maximum atomic E-state index is 12.9. The fraction of sp³-hybridized carbons (Fsp3) is 1.00. The monoisotopic (exact) mass is 246 g/mol. The zero-order valence-electron chi connectivity index (χ0n) is 11.6. The van der Waals surface area contributed by atoms with E-state index < -0.39 is 5.92 Å². The zero-order valence-corrected chi connectivity index (χ0v) is 11.6. The Bertz CT molecular complexity index is 299. The van der Waals surface area contributed by atoms with Crippen molar-refractivity contribution in [3.63, 3.8) is 0 Å². The summed E-state index contributed by atoms with van der Waals surface area (Å²) in [7, 11) is 0. The number of nitrogens with zero attached hydrogens (tertiary/aromatic N) is 2. The molecule has 4 heteroatoms. The van der Waals surface area contributed by atoms with Crippen LogP contribution in [0.3, 0.4) is 0 Å². The average Bonchev–Trinajstić information content (AvgIpc) is 2.35. The third kappa shape index (κ3) is 2.48. The Morgan fingerprint density at radius 1 is 1.12 bits per heavy atom. The Kier molecular flexibility index (Phi) is 2.83. The van der Waals surface area contributed by atoms with Gasteiger partial charge in [0, 0.05) is 23.7 Å². The first-order chi connectivity index (χ1) is 7.51.